The van der Waals surface area contributed by atoms with Crippen molar-refractivity contribution in [3.63, 3.8) is 0 Å². The first-order valence-electron chi connectivity index (χ1n) is 32.4. The number of carbonyl (C=O) groups is 4. The van der Waals surface area contributed by atoms with Crippen LogP contribution in [0.3, 0.4) is 0 Å². The number of ether oxygens (including phenoxy) is 4. The van der Waals surface area contributed by atoms with Gasteiger partial charge in [-0.1, -0.05) is 248 Å². The van der Waals surface area contributed by atoms with E-state index in [-0.39, 0.29) is 25.7 Å². The van der Waals surface area contributed by atoms with Gasteiger partial charge in [0, 0.05) is 25.7 Å². The Kier molecular flexibility index (Phi) is 52.2. The molecule has 0 spiro atoms. The van der Waals surface area contributed by atoms with E-state index in [2.05, 4.69) is 48.5 Å². The first kappa shape index (κ1) is 79.1. The van der Waals surface area contributed by atoms with Gasteiger partial charge >= 0.3 is 39.5 Å². The number of aliphatic hydroxyl groups excluding tert-OH is 1. The van der Waals surface area contributed by atoms with Crippen LogP contribution >= 0.6 is 15.6 Å². The summed E-state index contributed by atoms with van der Waals surface area (Å²) in [5, 5.41) is 10.5. The van der Waals surface area contributed by atoms with Crippen molar-refractivity contribution in [2.45, 2.75) is 317 Å². The lowest BCUT2D eigenvalue weighted by Crippen LogP contribution is -2.30. The molecular formula is C62H120O17P2. The van der Waals surface area contributed by atoms with Gasteiger partial charge in [0.1, 0.15) is 19.3 Å². The Labute approximate surface area is 492 Å². The normalized spacial score (nSPS) is 15.1. The summed E-state index contributed by atoms with van der Waals surface area (Å²) in [7, 11) is -9.88. The van der Waals surface area contributed by atoms with E-state index in [4.69, 9.17) is 37.0 Å². The molecule has 0 aromatic heterocycles. The van der Waals surface area contributed by atoms with Crippen LogP contribution in [0.25, 0.3) is 0 Å². The summed E-state index contributed by atoms with van der Waals surface area (Å²) in [6.07, 6.45) is 33.8. The van der Waals surface area contributed by atoms with E-state index < -0.39 is 97.5 Å². The number of rotatable bonds is 60. The molecule has 0 rings (SSSR count). The van der Waals surface area contributed by atoms with E-state index >= 15 is 0 Å². The van der Waals surface area contributed by atoms with Crippen molar-refractivity contribution in [2.75, 3.05) is 39.6 Å². The Morgan fingerprint density at radius 3 is 0.938 bits per heavy atom. The van der Waals surface area contributed by atoms with Gasteiger partial charge in [-0.15, -0.1) is 0 Å². The SMILES string of the molecule is CCCCCCCC(=O)OC[C@H](COP(=O)(O)OC[C@H](O)COP(=O)(O)OC[C@@H](COC(=O)CCCCCCCCCCC(C)CC)OC(=O)CCCCCCCCCCCCC(C)CC)OC(=O)CCCCCCCCCC(C)C. The van der Waals surface area contributed by atoms with Crippen LogP contribution < -0.4 is 0 Å². The molecule has 17 nitrogen and oxygen atoms in total. The number of aliphatic hydroxyl groups is 1. The predicted octanol–water partition coefficient (Wildman–Crippen LogP) is 16.7. The van der Waals surface area contributed by atoms with Crippen LogP contribution in [-0.4, -0.2) is 96.7 Å². The summed E-state index contributed by atoms with van der Waals surface area (Å²) in [4.78, 5) is 71.9. The third kappa shape index (κ3) is 54.5. The Hall–Kier alpha value is -1.94. The molecule has 0 aromatic carbocycles. The van der Waals surface area contributed by atoms with Gasteiger partial charge in [-0.3, -0.25) is 37.3 Å². The van der Waals surface area contributed by atoms with Gasteiger partial charge in [0.15, 0.2) is 12.2 Å². The zero-order valence-electron chi connectivity index (χ0n) is 52.2. The second kappa shape index (κ2) is 53.5. The summed E-state index contributed by atoms with van der Waals surface area (Å²) in [6.45, 7) is 11.7. The fraction of sp³-hybridized carbons (Fsp3) is 0.935. The largest absolute Gasteiger partial charge is 0.472 e. The highest BCUT2D eigenvalue weighted by Crippen LogP contribution is 2.45. The first-order chi connectivity index (χ1) is 38.8. The minimum absolute atomic E-state index is 0.102. The number of hydrogen-bond donors (Lipinski definition) is 3. The molecule has 0 bridgehead atoms. The molecular weight excluding hydrogens is 1080 g/mol. The van der Waals surface area contributed by atoms with Crippen LogP contribution in [0, 0.1) is 17.8 Å². The van der Waals surface area contributed by atoms with Crippen LogP contribution in [0.2, 0.25) is 0 Å². The number of hydrogen-bond acceptors (Lipinski definition) is 15. The molecule has 81 heavy (non-hydrogen) atoms. The molecule has 7 atom stereocenters. The van der Waals surface area contributed by atoms with Crippen LogP contribution in [0.1, 0.15) is 299 Å². The maximum absolute atomic E-state index is 13.0. The molecule has 0 radical (unpaired) electrons. The third-order valence-corrected chi connectivity index (χ3v) is 16.8. The lowest BCUT2D eigenvalue weighted by atomic mass is 9.99. The average Bonchev–Trinajstić information content (AvgIpc) is 3.43. The molecule has 0 heterocycles. The van der Waals surface area contributed by atoms with E-state index in [0.29, 0.717) is 31.6 Å². The third-order valence-electron chi connectivity index (χ3n) is 14.9. The molecule has 0 saturated carbocycles. The molecule has 0 saturated heterocycles. The quantitative estimate of drug-likeness (QED) is 0.0222. The van der Waals surface area contributed by atoms with Gasteiger partial charge in [-0.2, -0.15) is 0 Å². The Balaban J connectivity index is 5.20. The maximum atomic E-state index is 13.0. The summed E-state index contributed by atoms with van der Waals surface area (Å²) < 4.78 is 67.7. The number of esters is 4. The van der Waals surface area contributed by atoms with E-state index in [1.165, 1.54) is 103 Å². The maximum Gasteiger partial charge on any atom is 0.472 e. The van der Waals surface area contributed by atoms with Gasteiger partial charge in [-0.25, -0.2) is 9.13 Å². The molecule has 0 aliphatic rings. The van der Waals surface area contributed by atoms with Gasteiger partial charge < -0.3 is 33.8 Å². The molecule has 19 heteroatoms. The smallest absolute Gasteiger partial charge is 0.462 e. The summed E-state index contributed by atoms with van der Waals surface area (Å²) in [5.41, 5.74) is 0. The zero-order chi connectivity index (χ0) is 60.3. The number of carbonyl (C=O) groups excluding carboxylic acids is 4. The Morgan fingerprint density at radius 1 is 0.358 bits per heavy atom. The second-order valence-electron chi connectivity index (χ2n) is 23.4. The second-order valence-corrected chi connectivity index (χ2v) is 26.3. The number of phosphoric acid groups is 2. The van der Waals surface area contributed by atoms with Crippen LogP contribution in [-0.2, 0) is 65.4 Å². The molecule has 480 valence electrons. The van der Waals surface area contributed by atoms with Gasteiger partial charge in [0.2, 0.25) is 0 Å². The van der Waals surface area contributed by atoms with E-state index in [1.807, 2.05) is 0 Å². The van der Waals surface area contributed by atoms with Crippen molar-refractivity contribution in [2.24, 2.45) is 17.8 Å². The standard InChI is InChI=1S/C62H120O17P2/c1-8-11-12-26-36-43-59(64)72-49-57(78-62(67)46-39-32-25-19-20-27-33-40-53(4)5)51-76-80(68,69)74-47-56(63)48-75-81(70,71)77-52-58(50-73-60(65)44-37-30-23-18-17-22-29-35-42-55(7)10-3)79-61(66)45-38-31-24-16-14-13-15-21-28-34-41-54(6)9-2/h53-58,63H,8-52H2,1-7H3,(H,68,69)(H,70,71)/t54?,55?,56-,57+,58+/m0/s1. The van der Waals surface area contributed by atoms with Crippen LogP contribution in [0.15, 0.2) is 0 Å². The topological polar surface area (TPSA) is 237 Å². The van der Waals surface area contributed by atoms with Gasteiger partial charge in [0.25, 0.3) is 0 Å². The first-order valence-corrected chi connectivity index (χ1v) is 35.4. The zero-order valence-corrected chi connectivity index (χ0v) is 54.0. The monoisotopic (exact) mass is 1200 g/mol. The highest BCUT2D eigenvalue weighted by Gasteiger charge is 2.30. The molecule has 0 aliphatic heterocycles. The van der Waals surface area contributed by atoms with Crippen LogP contribution in [0.5, 0.6) is 0 Å². The Bertz CT molecular complexity index is 1620. The molecule has 4 unspecified atom stereocenters. The number of unbranched alkanes of at least 4 members (excludes halogenated alkanes) is 26. The van der Waals surface area contributed by atoms with Crippen molar-refractivity contribution in [3.8, 4) is 0 Å². The lowest BCUT2D eigenvalue weighted by molar-refractivity contribution is -0.161. The van der Waals surface area contributed by atoms with Gasteiger partial charge in [0.05, 0.1) is 26.4 Å². The van der Waals surface area contributed by atoms with E-state index in [0.717, 1.165) is 108 Å². The summed E-state index contributed by atoms with van der Waals surface area (Å²) in [6, 6.07) is 0. The van der Waals surface area contributed by atoms with Crippen LogP contribution in [0.4, 0.5) is 0 Å². The van der Waals surface area contributed by atoms with Crippen molar-refractivity contribution >= 4 is 39.5 Å². The molecule has 0 amide bonds. The average molecular weight is 1200 g/mol. The highest BCUT2D eigenvalue weighted by atomic mass is 31.2. The van der Waals surface area contributed by atoms with Crippen molar-refractivity contribution in [1.82, 2.24) is 0 Å². The van der Waals surface area contributed by atoms with Crippen molar-refractivity contribution in [1.29, 1.82) is 0 Å². The minimum atomic E-state index is -4.94. The highest BCUT2D eigenvalue weighted by molar-refractivity contribution is 7.47. The lowest BCUT2D eigenvalue weighted by Gasteiger charge is -2.21. The fourth-order valence-corrected chi connectivity index (χ4v) is 10.6. The summed E-state index contributed by atoms with van der Waals surface area (Å²) in [5.74, 6) is 0.126. The Morgan fingerprint density at radius 2 is 0.630 bits per heavy atom. The van der Waals surface area contributed by atoms with E-state index in [9.17, 15) is 43.2 Å². The van der Waals surface area contributed by atoms with Crippen molar-refractivity contribution < 1.29 is 80.2 Å². The van der Waals surface area contributed by atoms with E-state index in [1.54, 1.807) is 0 Å². The minimum Gasteiger partial charge on any atom is -0.462 e. The molecule has 0 aromatic rings. The molecule has 3 N–H and O–H groups in total. The predicted molar refractivity (Wildman–Crippen MR) is 321 cm³/mol. The fourth-order valence-electron chi connectivity index (χ4n) is 9.06. The van der Waals surface area contributed by atoms with Gasteiger partial charge in [-0.05, 0) is 43.4 Å². The molecule has 0 fully saturated rings. The van der Waals surface area contributed by atoms with Crippen molar-refractivity contribution in [3.05, 3.63) is 0 Å². The summed E-state index contributed by atoms with van der Waals surface area (Å²) >= 11 is 0. The molecule has 0 aliphatic carbocycles. The number of phosphoric ester groups is 2.